The summed E-state index contributed by atoms with van der Waals surface area (Å²) in [5.41, 5.74) is 0.848. The monoisotopic (exact) mass is 553 g/mol. The van der Waals surface area contributed by atoms with E-state index >= 15 is 0 Å². The molecule has 0 amide bonds. The number of carbonyl (C=O) groups is 1. The number of ketones is 1. The molecule has 0 radical (unpaired) electrons. The third kappa shape index (κ3) is 8.37. The lowest BCUT2D eigenvalue weighted by atomic mass is 10.0. The van der Waals surface area contributed by atoms with Crippen LogP contribution in [0, 0.1) is 0 Å². The van der Waals surface area contributed by atoms with E-state index in [2.05, 4.69) is 73.0 Å². The van der Waals surface area contributed by atoms with Crippen molar-refractivity contribution in [1.82, 2.24) is 0 Å². The van der Waals surface area contributed by atoms with Gasteiger partial charge in [-0.25, -0.2) is 0 Å². The van der Waals surface area contributed by atoms with E-state index in [4.69, 9.17) is 23.1 Å². The number of carbonyl (C=O) groups excluding carboxylic acids is 1. The lowest BCUT2D eigenvalue weighted by molar-refractivity contribution is -0.147. The van der Waals surface area contributed by atoms with Crippen LogP contribution in [0.3, 0.4) is 0 Å². The van der Waals surface area contributed by atoms with Crippen molar-refractivity contribution < 1.29 is 27.9 Å². The molecule has 3 atom stereocenters. The predicted molar refractivity (Wildman–Crippen MR) is 156 cm³/mol. The Labute approximate surface area is 227 Å². The van der Waals surface area contributed by atoms with Crippen LogP contribution in [-0.2, 0) is 23.1 Å². The summed E-state index contributed by atoms with van der Waals surface area (Å²) in [6.07, 6.45) is -1.15. The van der Waals surface area contributed by atoms with Gasteiger partial charge in [-0.15, -0.1) is 0 Å². The van der Waals surface area contributed by atoms with Gasteiger partial charge in [0, 0.05) is 5.69 Å². The third-order valence-electron chi connectivity index (χ3n) is 8.11. The molecule has 7 nitrogen and oxygen atoms in total. The molecule has 9 heteroatoms. The first-order valence-electron chi connectivity index (χ1n) is 13.3. The normalized spacial score (nSPS) is 20.4. The molecule has 37 heavy (non-hydrogen) atoms. The third-order valence-corrected chi connectivity index (χ3v) is 17.0. The summed E-state index contributed by atoms with van der Waals surface area (Å²) in [5.74, 6) is -0.0576. The van der Waals surface area contributed by atoms with Gasteiger partial charge in [0.05, 0.1) is 26.4 Å². The second-order valence-corrected chi connectivity index (χ2v) is 23.1. The van der Waals surface area contributed by atoms with Gasteiger partial charge in [0.1, 0.15) is 18.0 Å². The smallest absolute Gasteiger partial charge is 0.193 e. The zero-order chi connectivity index (χ0) is 28.4. The number of hydrogen-bond donors (Lipinski definition) is 1. The standard InChI is InChI=1S/C28H51NO6Si2/c1-26(2,3)36(10,11)33-18-22(30)25(35-37(12,13)27(4,5)6)24(23-19-32-28(7,8)34-23)29-20-14-16-21(31-9)17-15-20/h14-17,23-25,29H,18-19H2,1-13H3/t23-,24-,25+/m1/s1. The number of hydrogen-bond acceptors (Lipinski definition) is 7. The molecule has 0 aromatic heterocycles. The van der Waals surface area contributed by atoms with Crippen LogP contribution in [-0.4, -0.2) is 66.8 Å². The fourth-order valence-corrected chi connectivity index (χ4v) is 5.72. The van der Waals surface area contributed by atoms with E-state index in [1.54, 1.807) is 7.11 Å². The minimum atomic E-state index is -2.35. The largest absolute Gasteiger partial charge is 0.497 e. The molecule has 1 aliphatic rings. The Balaban J connectivity index is 2.47. The zero-order valence-electron chi connectivity index (χ0n) is 25.4. The van der Waals surface area contributed by atoms with Crippen LogP contribution in [0.25, 0.3) is 0 Å². The van der Waals surface area contributed by atoms with Crippen molar-refractivity contribution in [3.05, 3.63) is 24.3 Å². The van der Waals surface area contributed by atoms with Crippen LogP contribution >= 0.6 is 0 Å². The molecule has 1 fully saturated rings. The maximum Gasteiger partial charge on any atom is 0.193 e. The van der Waals surface area contributed by atoms with E-state index < -0.39 is 34.6 Å². The Kier molecular flexibility index (Phi) is 9.92. The molecule has 0 spiro atoms. The molecule has 1 saturated heterocycles. The molecule has 0 bridgehead atoms. The number of benzene rings is 1. The molecule has 0 aliphatic carbocycles. The van der Waals surface area contributed by atoms with Crippen molar-refractivity contribution in [3.63, 3.8) is 0 Å². The van der Waals surface area contributed by atoms with E-state index in [0.717, 1.165) is 11.4 Å². The second kappa shape index (κ2) is 11.5. The lowest BCUT2D eigenvalue weighted by Gasteiger charge is -2.42. The summed E-state index contributed by atoms with van der Waals surface area (Å²) in [6, 6.07) is 7.18. The van der Waals surface area contributed by atoms with E-state index in [-0.39, 0.29) is 28.6 Å². The molecule has 1 aliphatic heterocycles. The van der Waals surface area contributed by atoms with Crippen LogP contribution in [0.15, 0.2) is 24.3 Å². The number of methoxy groups -OCH3 is 1. The topological polar surface area (TPSA) is 75.3 Å². The first kappa shape index (κ1) is 32.0. The summed E-state index contributed by atoms with van der Waals surface area (Å²) in [4.78, 5) is 14.0. The van der Waals surface area contributed by atoms with Gasteiger partial charge >= 0.3 is 0 Å². The first-order valence-corrected chi connectivity index (χ1v) is 19.1. The Hall–Kier alpha value is -1.24. The number of Topliss-reactive ketones (excluding diaryl/α,β-unsaturated/α-hetero) is 1. The van der Waals surface area contributed by atoms with Crippen molar-refractivity contribution in [2.24, 2.45) is 0 Å². The fraction of sp³-hybridized carbons (Fsp3) is 0.750. The number of ether oxygens (including phenoxy) is 3. The molecule has 212 valence electrons. The predicted octanol–water partition coefficient (Wildman–Crippen LogP) is 6.61. The number of anilines is 1. The summed E-state index contributed by atoms with van der Waals surface area (Å²) < 4.78 is 30.8. The lowest BCUT2D eigenvalue weighted by Crippen LogP contribution is -2.57. The van der Waals surface area contributed by atoms with Crippen LogP contribution < -0.4 is 10.1 Å². The van der Waals surface area contributed by atoms with Gasteiger partial charge in [-0.05, 0) is 74.4 Å². The van der Waals surface area contributed by atoms with Crippen molar-refractivity contribution in [2.75, 3.05) is 25.6 Å². The van der Waals surface area contributed by atoms with Gasteiger partial charge in [-0.3, -0.25) is 4.79 Å². The highest BCUT2D eigenvalue weighted by Gasteiger charge is 2.48. The SMILES string of the molecule is COc1ccc(N[C@H]([C@H]2COC(C)(C)O2)[C@@H](O[Si](C)(C)C(C)(C)C)C(=O)CO[Si](C)(C)C(C)(C)C)cc1. The van der Waals surface area contributed by atoms with Crippen molar-refractivity contribution >= 4 is 28.1 Å². The van der Waals surface area contributed by atoms with Crippen LogP contribution in [0.2, 0.25) is 36.3 Å². The second-order valence-electron chi connectivity index (χ2n) is 13.6. The first-order chi connectivity index (χ1) is 16.7. The summed E-state index contributed by atoms with van der Waals surface area (Å²) >= 11 is 0. The molecule has 0 saturated carbocycles. The van der Waals surface area contributed by atoms with E-state index in [0.29, 0.717) is 6.61 Å². The van der Waals surface area contributed by atoms with Crippen molar-refractivity contribution in [2.45, 2.75) is 116 Å². The Bertz CT molecular complexity index is 903. The molecule has 1 aromatic carbocycles. The molecular formula is C28H51NO6Si2. The quantitative estimate of drug-likeness (QED) is 0.309. The fourth-order valence-electron chi connectivity index (χ4n) is 3.52. The minimum absolute atomic E-state index is 0.00373. The highest BCUT2D eigenvalue weighted by molar-refractivity contribution is 6.74. The molecule has 0 unspecified atom stereocenters. The maximum absolute atomic E-state index is 14.0. The van der Waals surface area contributed by atoms with Gasteiger partial charge < -0.3 is 28.4 Å². The molecule has 1 N–H and O–H groups in total. The van der Waals surface area contributed by atoms with Crippen LogP contribution in [0.4, 0.5) is 5.69 Å². The van der Waals surface area contributed by atoms with Gasteiger partial charge in [-0.2, -0.15) is 0 Å². The van der Waals surface area contributed by atoms with Crippen LogP contribution in [0.1, 0.15) is 55.4 Å². The number of rotatable bonds is 11. The van der Waals surface area contributed by atoms with Crippen molar-refractivity contribution in [1.29, 1.82) is 0 Å². The average Bonchev–Trinajstić information content (AvgIpc) is 3.12. The summed E-state index contributed by atoms with van der Waals surface area (Å²) in [5, 5.41) is 3.48. The molecular weight excluding hydrogens is 502 g/mol. The minimum Gasteiger partial charge on any atom is -0.497 e. The highest BCUT2D eigenvalue weighted by Crippen LogP contribution is 2.40. The van der Waals surface area contributed by atoms with Gasteiger partial charge in [-0.1, -0.05) is 41.5 Å². The van der Waals surface area contributed by atoms with Gasteiger partial charge in [0.2, 0.25) is 0 Å². The van der Waals surface area contributed by atoms with Crippen LogP contribution in [0.5, 0.6) is 5.75 Å². The molecule has 1 heterocycles. The van der Waals surface area contributed by atoms with Gasteiger partial charge in [0.25, 0.3) is 0 Å². The molecule has 2 rings (SSSR count). The van der Waals surface area contributed by atoms with Gasteiger partial charge in [0.15, 0.2) is 28.2 Å². The van der Waals surface area contributed by atoms with Crippen molar-refractivity contribution in [3.8, 4) is 5.75 Å². The Morgan fingerprint density at radius 3 is 2.00 bits per heavy atom. The zero-order valence-corrected chi connectivity index (χ0v) is 27.4. The number of nitrogens with one attached hydrogen (secondary N) is 1. The molecule has 1 aromatic rings. The van der Waals surface area contributed by atoms with E-state index in [9.17, 15) is 4.79 Å². The van der Waals surface area contributed by atoms with E-state index in [1.165, 1.54) is 0 Å². The summed E-state index contributed by atoms with van der Waals surface area (Å²) in [7, 11) is -2.84. The Morgan fingerprint density at radius 1 is 1.03 bits per heavy atom. The maximum atomic E-state index is 14.0. The highest BCUT2D eigenvalue weighted by atomic mass is 28.4. The Morgan fingerprint density at radius 2 is 1.57 bits per heavy atom. The van der Waals surface area contributed by atoms with E-state index in [1.807, 2.05) is 38.1 Å². The summed E-state index contributed by atoms with van der Waals surface area (Å²) in [6.45, 7) is 25.9. The average molecular weight is 554 g/mol.